The van der Waals surface area contributed by atoms with Crippen molar-refractivity contribution in [3.8, 4) is 0 Å². The summed E-state index contributed by atoms with van der Waals surface area (Å²) in [6.45, 7) is 15.6. The van der Waals surface area contributed by atoms with E-state index in [9.17, 15) is 0 Å². The Balaban J connectivity index is 2.50. The molecule has 0 aliphatic carbocycles. The lowest BCUT2D eigenvalue weighted by molar-refractivity contribution is 0.134. The van der Waals surface area contributed by atoms with Gasteiger partial charge in [0.05, 0.1) is 0 Å². The van der Waals surface area contributed by atoms with Gasteiger partial charge in [-0.05, 0) is 37.8 Å². The Bertz CT molecular complexity index is 195. The molecule has 1 unspecified atom stereocenters. The third-order valence-corrected chi connectivity index (χ3v) is 3.35. The van der Waals surface area contributed by atoms with E-state index in [4.69, 9.17) is 0 Å². The molecule has 0 spiro atoms. The van der Waals surface area contributed by atoms with Gasteiger partial charge in [-0.1, -0.05) is 26.8 Å². The van der Waals surface area contributed by atoms with E-state index in [1.165, 1.54) is 39.0 Å². The Morgan fingerprint density at radius 3 is 2.38 bits per heavy atom. The second-order valence-electron chi connectivity index (χ2n) is 5.54. The normalized spacial score (nSPS) is 20.3. The highest BCUT2D eigenvalue weighted by molar-refractivity contribution is 4.84. The van der Waals surface area contributed by atoms with Crippen molar-refractivity contribution in [1.82, 2.24) is 10.2 Å². The summed E-state index contributed by atoms with van der Waals surface area (Å²) < 4.78 is 0. The quantitative estimate of drug-likeness (QED) is 0.697. The van der Waals surface area contributed by atoms with Crippen LogP contribution in [0.4, 0.5) is 0 Å². The van der Waals surface area contributed by atoms with Crippen LogP contribution in [0.3, 0.4) is 0 Å². The van der Waals surface area contributed by atoms with Gasteiger partial charge < -0.3 is 5.32 Å². The van der Waals surface area contributed by atoms with Crippen LogP contribution in [-0.4, -0.2) is 37.1 Å². The number of hydrogen-bond acceptors (Lipinski definition) is 2. The number of hydrogen-bond donors (Lipinski definition) is 1. The first-order valence-corrected chi connectivity index (χ1v) is 6.70. The van der Waals surface area contributed by atoms with Gasteiger partial charge in [0.1, 0.15) is 0 Å². The molecule has 0 aromatic heterocycles. The third-order valence-electron chi connectivity index (χ3n) is 3.35. The molecule has 0 amide bonds. The van der Waals surface area contributed by atoms with Crippen LogP contribution >= 0.6 is 0 Å². The largest absolute Gasteiger partial charge is 0.317 e. The van der Waals surface area contributed by atoms with E-state index in [0.29, 0.717) is 5.92 Å². The summed E-state index contributed by atoms with van der Waals surface area (Å²) in [5.74, 6) is 1.36. The zero-order valence-corrected chi connectivity index (χ0v) is 11.2. The molecule has 0 radical (unpaired) electrons. The smallest absolute Gasteiger partial charge is 0.0120 e. The van der Waals surface area contributed by atoms with Gasteiger partial charge in [-0.15, -0.1) is 6.58 Å². The Hall–Kier alpha value is -0.340. The maximum atomic E-state index is 3.90. The Kier molecular flexibility index (Phi) is 6.07. The van der Waals surface area contributed by atoms with Crippen LogP contribution in [0.1, 0.15) is 33.6 Å². The molecule has 0 aromatic carbocycles. The highest BCUT2D eigenvalue weighted by Crippen LogP contribution is 2.16. The molecule has 2 heteroatoms. The van der Waals surface area contributed by atoms with Gasteiger partial charge in [-0.2, -0.15) is 0 Å². The lowest BCUT2D eigenvalue weighted by atomic mass is 10.0. The van der Waals surface area contributed by atoms with Crippen LogP contribution in [0.25, 0.3) is 0 Å². The molecule has 1 rings (SSSR count). The van der Waals surface area contributed by atoms with Crippen LogP contribution < -0.4 is 5.32 Å². The minimum atomic E-state index is 0.605. The second-order valence-corrected chi connectivity index (χ2v) is 5.54. The van der Waals surface area contributed by atoms with Crippen LogP contribution in [0.5, 0.6) is 0 Å². The van der Waals surface area contributed by atoms with Gasteiger partial charge in [-0.3, -0.25) is 4.90 Å². The van der Waals surface area contributed by atoms with E-state index < -0.39 is 0 Å². The van der Waals surface area contributed by atoms with Crippen molar-refractivity contribution in [2.75, 3.05) is 26.2 Å². The summed E-state index contributed by atoms with van der Waals surface area (Å²) in [5.41, 5.74) is 0. The predicted octanol–water partition coefficient (Wildman–Crippen LogP) is 2.52. The topological polar surface area (TPSA) is 15.3 Å². The zero-order valence-electron chi connectivity index (χ0n) is 11.2. The Morgan fingerprint density at radius 1 is 1.25 bits per heavy atom. The molecular formula is C14H28N2. The fraction of sp³-hybridized carbons (Fsp3) is 0.857. The molecule has 1 atom stereocenters. The number of rotatable bonds is 6. The molecule has 0 saturated carbocycles. The molecule has 1 saturated heterocycles. The van der Waals surface area contributed by atoms with E-state index in [2.05, 4.69) is 43.6 Å². The van der Waals surface area contributed by atoms with Crippen LogP contribution in [-0.2, 0) is 0 Å². The maximum absolute atomic E-state index is 3.90. The maximum Gasteiger partial charge on any atom is 0.0120 e. The van der Waals surface area contributed by atoms with Gasteiger partial charge in [0.2, 0.25) is 0 Å². The first-order chi connectivity index (χ1) is 7.63. The van der Waals surface area contributed by atoms with Crippen molar-refractivity contribution in [2.45, 2.75) is 39.7 Å². The zero-order chi connectivity index (χ0) is 12.0. The highest BCUT2D eigenvalue weighted by Gasteiger charge is 2.22. The lowest BCUT2D eigenvalue weighted by Gasteiger charge is -2.36. The van der Waals surface area contributed by atoms with Crippen LogP contribution in [0, 0.1) is 11.8 Å². The molecule has 1 N–H and O–H groups in total. The lowest BCUT2D eigenvalue weighted by Crippen LogP contribution is -2.46. The average Bonchev–Trinajstić information content (AvgIpc) is 2.28. The summed E-state index contributed by atoms with van der Waals surface area (Å²) >= 11 is 0. The van der Waals surface area contributed by atoms with Crippen molar-refractivity contribution < 1.29 is 0 Å². The molecular weight excluding hydrogens is 196 g/mol. The van der Waals surface area contributed by atoms with Crippen molar-refractivity contribution in [3.05, 3.63) is 12.7 Å². The molecule has 0 aromatic rings. The minimum absolute atomic E-state index is 0.605. The fourth-order valence-corrected chi connectivity index (χ4v) is 2.46. The molecule has 1 aliphatic heterocycles. The third kappa shape index (κ3) is 4.67. The average molecular weight is 224 g/mol. The van der Waals surface area contributed by atoms with E-state index in [1.54, 1.807) is 0 Å². The number of piperidine rings is 1. The van der Waals surface area contributed by atoms with Gasteiger partial charge in [0.15, 0.2) is 0 Å². The predicted molar refractivity (Wildman–Crippen MR) is 71.7 cm³/mol. The van der Waals surface area contributed by atoms with Crippen molar-refractivity contribution in [1.29, 1.82) is 0 Å². The summed E-state index contributed by atoms with van der Waals surface area (Å²) in [6, 6.07) is 0.783. The standard InChI is InChI=1S/C14H28N2/c1-5-13(4)11-16(10-12(2)3)14-6-8-15-9-7-14/h5,12-15H,1,6-11H2,2-4H3. The summed E-state index contributed by atoms with van der Waals surface area (Å²) in [4.78, 5) is 2.68. The van der Waals surface area contributed by atoms with E-state index >= 15 is 0 Å². The van der Waals surface area contributed by atoms with Crippen molar-refractivity contribution in [3.63, 3.8) is 0 Å². The second kappa shape index (κ2) is 7.08. The number of nitrogens with one attached hydrogen (secondary N) is 1. The number of nitrogens with zero attached hydrogens (tertiary/aromatic N) is 1. The van der Waals surface area contributed by atoms with Crippen molar-refractivity contribution in [2.24, 2.45) is 11.8 Å². The highest BCUT2D eigenvalue weighted by atomic mass is 15.2. The Morgan fingerprint density at radius 2 is 1.88 bits per heavy atom. The SMILES string of the molecule is C=CC(C)CN(CC(C)C)C1CCNCC1. The summed E-state index contributed by atoms with van der Waals surface area (Å²) in [6.07, 6.45) is 4.68. The van der Waals surface area contributed by atoms with Gasteiger partial charge in [0, 0.05) is 19.1 Å². The van der Waals surface area contributed by atoms with Crippen LogP contribution in [0.2, 0.25) is 0 Å². The van der Waals surface area contributed by atoms with Crippen LogP contribution in [0.15, 0.2) is 12.7 Å². The first kappa shape index (κ1) is 13.7. The summed E-state index contributed by atoms with van der Waals surface area (Å²) in [5, 5.41) is 3.44. The fourth-order valence-electron chi connectivity index (χ4n) is 2.46. The van der Waals surface area contributed by atoms with E-state index in [-0.39, 0.29) is 0 Å². The van der Waals surface area contributed by atoms with Gasteiger partial charge >= 0.3 is 0 Å². The molecule has 2 nitrogen and oxygen atoms in total. The minimum Gasteiger partial charge on any atom is -0.317 e. The van der Waals surface area contributed by atoms with Crippen molar-refractivity contribution >= 4 is 0 Å². The molecule has 1 heterocycles. The molecule has 1 aliphatic rings. The monoisotopic (exact) mass is 224 g/mol. The molecule has 94 valence electrons. The van der Waals surface area contributed by atoms with Gasteiger partial charge in [-0.25, -0.2) is 0 Å². The van der Waals surface area contributed by atoms with E-state index in [0.717, 1.165) is 12.0 Å². The molecule has 1 fully saturated rings. The molecule has 16 heavy (non-hydrogen) atoms. The van der Waals surface area contributed by atoms with Gasteiger partial charge in [0.25, 0.3) is 0 Å². The summed E-state index contributed by atoms with van der Waals surface area (Å²) in [7, 11) is 0. The van der Waals surface area contributed by atoms with E-state index in [1.807, 2.05) is 0 Å². The first-order valence-electron chi connectivity index (χ1n) is 6.70. The Labute approximate surface area is 101 Å². The molecule has 0 bridgehead atoms.